The number of sulfonamides is 1. The molecule has 0 atom stereocenters. The summed E-state index contributed by atoms with van der Waals surface area (Å²) in [6, 6.07) is 4.86. The van der Waals surface area contributed by atoms with Crippen molar-refractivity contribution < 1.29 is 8.42 Å². The molecule has 6 nitrogen and oxygen atoms in total. The van der Waals surface area contributed by atoms with Crippen LogP contribution in [0.4, 0.5) is 5.69 Å². The molecule has 18 heavy (non-hydrogen) atoms. The van der Waals surface area contributed by atoms with Gasteiger partial charge in [-0.2, -0.15) is 5.10 Å². The summed E-state index contributed by atoms with van der Waals surface area (Å²) < 4.78 is 26.6. The number of benzene rings is 1. The topological polar surface area (TPSA) is 101 Å². The van der Waals surface area contributed by atoms with Crippen LogP contribution in [0.3, 0.4) is 0 Å². The highest BCUT2D eigenvalue weighted by Crippen LogP contribution is 2.18. The molecule has 0 radical (unpaired) electrons. The summed E-state index contributed by atoms with van der Waals surface area (Å²) >= 11 is 0. The average molecular weight is 266 g/mol. The highest BCUT2D eigenvalue weighted by molar-refractivity contribution is 7.92. The zero-order valence-corrected chi connectivity index (χ0v) is 10.7. The van der Waals surface area contributed by atoms with E-state index < -0.39 is 10.0 Å². The van der Waals surface area contributed by atoms with Gasteiger partial charge in [0, 0.05) is 12.7 Å². The molecule has 1 aromatic carbocycles. The van der Waals surface area contributed by atoms with Crippen LogP contribution in [0.15, 0.2) is 35.5 Å². The summed E-state index contributed by atoms with van der Waals surface area (Å²) in [5, 5.41) is 6.22. The molecule has 0 unspecified atom stereocenters. The van der Waals surface area contributed by atoms with Gasteiger partial charge in [0.05, 0.1) is 16.8 Å². The summed E-state index contributed by atoms with van der Waals surface area (Å²) in [6.07, 6.45) is 2.87. The third-order valence-electron chi connectivity index (χ3n) is 2.59. The molecule has 7 heteroatoms. The molecule has 96 valence electrons. The monoisotopic (exact) mass is 266 g/mol. The number of nitrogens with one attached hydrogen (secondary N) is 2. The van der Waals surface area contributed by atoms with E-state index in [0.29, 0.717) is 12.2 Å². The Balaban J connectivity index is 2.33. The van der Waals surface area contributed by atoms with E-state index in [-0.39, 0.29) is 4.90 Å². The Morgan fingerprint density at radius 1 is 1.44 bits per heavy atom. The third kappa shape index (κ3) is 2.52. The molecule has 0 saturated heterocycles. The quantitative estimate of drug-likeness (QED) is 0.767. The van der Waals surface area contributed by atoms with E-state index in [9.17, 15) is 8.42 Å². The lowest BCUT2D eigenvalue weighted by molar-refractivity contribution is 0.601. The number of aryl methyl sites for hydroxylation is 1. The lowest BCUT2D eigenvalue weighted by atomic mass is 10.1. The first kappa shape index (κ1) is 12.6. The van der Waals surface area contributed by atoms with Crippen LogP contribution in [0.1, 0.15) is 11.1 Å². The standard InChI is InChI=1S/C11H14N4O2S/c1-8-4-11(3-2-9(8)5-12)18(16,17)15-10-6-13-14-7-10/h2-4,6-7,15H,5,12H2,1H3,(H,13,14). The molecule has 0 aliphatic heterocycles. The van der Waals surface area contributed by atoms with Crippen molar-refractivity contribution in [2.75, 3.05) is 4.72 Å². The van der Waals surface area contributed by atoms with Crippen LogP contribution in [0.2, 0.25) is 0 Å². The van der Waals surface area contributed by atoms with Crippen molar-refractivity contribution in [3.05, 3.63) is 41.7 Å². The number of hydrogen-bond donors (Lipinski definition) is 3. The fraction of sp³-hybridized carbons (Fsp3) is 0.182. The van der Waals surface area contributed by atoms with Crippen molar-refractivity contribution >= 4 is 15.7 Å². The van der Waals surface area contributed by atoms with Gasteiger partial charge in [-0.3, -0.25) is 9.82 Å². The van der Waals surface area contributed by atoms with Gasteiger partial charge in [-0.05, 0) is 30.2 Å². The highest BCUT2D eigenvalue weighted by Gasteiger charge is 2.15. The first-order chi connectivity index (χ1) is 8.53. The minimum atomic E-state index is -3.58. The predicted octanol–water partition coefficient (Wildman–Crippen LogP) is 0.978. The van der Waals surface area contributed by atoms with Crippen molar-refractivity contribution in [3.8, 4) is 0 Å². The lowest BCUT2D eigenvalue weighted by Gasteiger charge is -2.08. The fourth-order valence-corrected chi connectivity index (χ4v) is 2.70. The first-order valence-corrected chi connectivity index (χ1v) is 6.82. The molecule has 2 aromatic rings. The molecule has 2 rings (SSSR count). The molecular formula is C11H14N4O2S. The van der Waals surface area contributed by atoms with Crippen molar-refractivity contribution in [1.29, 1.82) is 0 Å². The zero-order valence-electron chi connectivity index (χ0n) is 9.84. The number of nitrogens with two attached hydrogens (primary N) is 1. The Morgan fingerprint density at radius 3 is 2.78 bits per heavy atom. The number of aromatic nitrogens is 2. The summed E-state index contributed by atoms with van der Waals surface area (Å²) in [4.78, 5) is 0.207. The lowest BCUT2D eigenvalue weighted by Crippen LogP contribution is -2.13. The van der Waals surface area contributed by atoms with Crippen LogP contribution in [0.25, 0.3) is 0 Å². The minimum Gasteiger partial charge on any atom is -0.326 e. The Hall–Kier alpha value is -1.86. The number of hydrogen-bond acceptors (Lipinski definition) is 4. The molecule has 0 fully saturated rings. The van der Waals surface area contributed by atoms with Gasteiger partial charge < -0.3 is 5.73 Å². The molecule has 0 aliphatic carbocycles. The summed E-state index contributed by atoms with van der Waals surface area (Å²) in [5.74, 6) is 0. The SMILES string of the molecule is Cc1cc(S(=O)(=O)Nc2cn[nH]c2)ccc1CN. The van der Waals surface area contributed by atoms with Gasteiger partial charge in [0.2, 0.25) is 0 Å². The van der Waals surface area contributed by atoms with Crippen LogP contribution in [0.5, 0.6) is 0 Å². The fourth-order valence-electron chi connectivity index (χ4n) is 1.59. The van der Waals surface area contributed by atoms with Crippen LogP contribution < -0.4 is 10.5 Å². The Labute approximate surface area is 105 Å². The number of nitrogens with zero attached hydrogens (tertiary/aromatic N) is 1. The van der Waals surface area contributed by atoms with Crippen molar-refractivity contribution in [2.45, 2.75) is 18.4 Å². The molecule has 0 aliphatic rings. The second-order valence-corrected chi connectivity index (χ2v) is 5.57. The smallest absolute Gasteiger partial charge is 0.262 e. The van der Waals surface area contributed by atoms with Gasteiger partial charge in [0.15, 0.2) is 0 Å². The van der Waals surface area contributed by atoms with Crippen molar-refractivity contribution in [1.82, 2.24) is 10.2 Å². The average Bonchev–Trinajstić information content (AvgIpc) is 2.81. The van der Waals surface area contributed by atoms with Gasteiger partial charge >= 0.3 is 0 Å². The minimum absolute atomic E-state index is 0.207. The first-order valence-electron chi connectivity index (χ1n) is 5.34. The Bertz CT molecular complexity index is 635. The van der Waals surface area contributed by atoms with Crippen LogP contribution in [0, 0.1) is 6.92 Å². The van der Waals surface area contributed by atoms with Gasteiger partial charge in [0.25, 0.3) is 10.0 Å². The number of rotatable bonds is 4. The van der Waals surface area contributed by atoms with E-state index in [4.69, 9.17) is 5.73 Å². The predicted molar refractivity (Wildman–Crippen MR) is 68.5 cm³/mol. The third-order valence-corrected chi connectivity index (χ3v) is 3.97. The molecular weight excluding hydrogens is 252 g/mol. The van der Waals surface area contributed by atoms with Gasteiger partial charge in [-0.15, -0.1) is 0 Å². The summed E-state index contributed by atoms with van der Waals surface area (Å²) in [5.41, 5.74) is 7.72. The largest absolute Gasteiger partial charge is 0.326 e. The second kappa shape index (κ2) is 4.79. The summed E-state index contributed by atoms with van der Waals surface area (Å²) in [7, 11) is -3.58. The Morgan fingerprint density at radius 2 is 2.22 bits per heavy atom. The number of anilines is 1. The van der Waals surface area contributed by atoms with E-state index in [1.165, 1.54) is 18.5 Å². The molecule has 1 aromatic heterocycles. The zero-order chi connectivity index (χ0) is 13.2. The normalized spacial score (nSPS) is 11.4. The maximum atomic E-state index is 12.1. The molecule has 4 N–H and O–H groups in total. The van der Waals surface area contributed by atoms with E-state index in [2.05, 4.69) is 14.9 Å². The van der Waals surface area contributed by atoms with Gasteiger partial charge in [0.1, 0.15) is 0 Å². The molecule has 0 amide bonds. The van der Waals surface area contributed by atoms with E-state index >= 15 is 0 Å². The summed E-state index contributed by atoms with van der Waals surface area (Å²) in [6.45, 7) is 2.22. The molecule has 0 saturated carbocycles. The van der Waals surface area contributed by atoms with Crippen LogP contribution >= 0.6 is 0 Å². The van der Waals surface area contributed by atoms with Crippen LogP contribution in [-0.2, 0) is 16.6 Å². The van der Waals surface area contributed by atoms with Crippen molar-refractivity contribution in [2.24, 2.45) is 5.73 Å². The van der Waals surface area contributed by atoms with Crippen LogP contribution in [-0.4, -0.2) is 18.6 Å². The molecule has 1 heterocycles. The maximum Gasteiger partial charge on any atom is 0.262 e. The van der Waals surface area contributed by atoms with E-state index in [1.54, 1.807) is 12.1 Å². The van der Waals surface area contributed by atoms with Crippen molar-refractivity contribution in [3.63, 3.8) is 0 Å². The number of aromatic amines is 1. The van der Waals surface area contributed by atoms with Gasteiger partial charge in [-0.25, -0.2) is 8.42 Å². The Kier molecular flexibility index (Phi) is 3.35. The number of H-pyrrole nitrogens is 1. The van der Waals surface area contributed by atoms with E-state index in [1.807, 2.05) is 6.92 Å². The second-order valence-electron chi connectivity index (χ2n) is 3.88. The molecule has 0 spiro atoms. The molecule has 0 bridgehead atoms. The van der Waals surface area contributed by atoms with Gasteiger partial charge in [-0.1, -0.05) is 6.07 Å². The van der Waals surface area contributed by atoms with E-state index in [0.717, 1.165) is 11.1 Å². The maximum absolute atomic E-state index is 12.1. The highest BCUT2D eigenvalue weighted by atomic mass is 32.2.